The molecule has 2 N–H and O–H groups in total. The molecule has 0 saturated heterocycles. The quantitative estimate of drug-likeness (QED) is 0.593. The molecule has 0 saturated carbocycles. The Balaban J connectivity index is 1.69. The SMILES string of the molecule is Cc1ccc(CNC(=O)c2cccc(S(=O)(=O)NC(=O)C(C)c3ccccc3)c2)cc1. The molecule has 3 aromatic carbocycles. The minimum Gasteiger partial charge on any atom is -0.348 e. The van der Waals surface area contributed by atoms with Gasteiger partial charge in [0.05, 0.1) is 10.8 Å². The van der Waals surface area contributed by atoms with E-state index in [0.717, 1.165) is 11.1 Å². The topological polar surface area (TPSA) is 92.3 Å². The number of amides is 2. The zero-order chi connectivity index (χ0) is 22.4. The summed E-state index contributed by atoms with van der Waals surface area (Å²) in [7, 11) is -4.12. The second kappa shape index (κ2) is 9.57. The van der Waals surface area contributed by atoms with Crippen LogP contribution in [0.3, 0.4) is 0 Å². The van der Waals surface area contributed by atoms with Crippen molar-refractivity contribution in [3.05, 3.63) is 101 Å². The minimum atomic E-state index is -4.12. The zero-order valence-corrected chi connectivity index (χ0v) is 18.1. The first kappa shape index (κ1) is 22.2. The number of aryl methyl sites for hydroxylation is 1. The smallest absolute Gasteiger partial charge is 0.264 e. The summed E-state index contributed by atoms with van der Waals surface area (Å²) < 4.78 is 27.5. The third-order valence-corrected chi connectivity index (χ3v) is 6.25. The molecule has 7 heteroatoms. The maximum absolute atomic E-state index is 12.7. The summed E-state index contributed by atoms with van der Waals surface area (Å²) >= 11 is 0. The Hall–Kier alpha value is -3.45. The molecule has 6 nitrogen and oxygen atoms in total. The molecule has 0 bridgehead atoms. The molecular formula is C24H24N2O4S. The van der Waals surface area contributed by atoms with E-state index in [-0.39, 0.29) is 10.5 Å². The predicted octanol–water partition coefficient (Wildman–Crippen LogP) is 3.53. The molecule has 0 spiro atoms. The lowest BCUT2D eigenvalue weighted by Gasteiger charge is -2.13. The van der Waals surface area contributed by atoms with Crippen LogP contribution in [0.15, 0.2) is 83.8 Å². The average molecular weight is 437 g/mol. The van der Waals surface area contributed by atoms with Gasteiger partial charge in [0.2, 0.25) is 5.91 Å². The molecule has 0 radical (unpaired) electrons. The van der Waals surface area contributed by atoms with Gasteiger partial charge in [-0.3, -0.25) is 9.59 Å². The summed E-state index contributed by atoms with van der Waals surface area (Å²) in [5.74, 6) is -1.68. The van der Waals surface area contributed by atoms with Crippen molar-refractivity contribution in [1.29, 1.82) is 0 Å². The first-order valence-corrected chi connectivity index (χ1v) is 11.3. The van der Waals surface area contributed by atoms with Gasteiger partial charge >= 0.3 is 0 Å². The Bertz CT molecular complexity index is 1170. The van der Waals surface area contributed by atoms with Gasteiger partial charge in [0, 0.05) is 12.1 Å². The Morgan fingerprint density at radius 1 is 0.903 bits per heavy atom. The van der Waals surface area contributed by atoms with E-state index in [4.69, 9.17) is 0 Å². The van der Waals surface area contributed by atoms with Gasteiger partial charge in [0.1, 0.15) is 0 Å². The Morgan fingerprint density at radius 3 is 2.26 bits per heavy atom. The van der Waals surface area contributed by atoms with Gasteiger partial charge in [-0.05, 0) is 43.2 Å². The van der Waals surface area contributed by atoms with Crippen molar-refractivity contribution in [3.8, 4) is 0 Å². The zero-order valence-electron chi connectivity index (χ0n) is 17.3. The second-order valence-electron chi connectivity index (χ2n) is 7.30. The molecule has 3 aromatic rings. The Labute approximate surface area is 182 Å². The minimum absolute atomic E-state index is 0.149. The largest absolute Gasteiger partial charge is 0.348 e. The summed E-state index contributed by atoms with van der Waals surface area (Å²) in [6.07, 6.45) is 0. The highest BCUT2D eigenvalue weighted by molar-refractivity contribution is 7.90. The Morgan fingerprint density at radius 2 is 1.58 bits per heavy atom. The van der Waals surface area contributed by atoms with Crippen molar-refractivity contribution in [1.82, 2.24) is 10.0 Å². The molecule has 31 heavy (non-hydrogen) atoms. The Kier molecular flexibility index (Phi) is 6.87. The summed E-state index contributed by atoms with van der Waals surface area (Å²) in [6.45, 7) is 3.93. The molecule has 0 aliphatic heterocycles. The summed E-state index contributed by atoms with van der Waals surface area (Å²) in [5.41, 5.74) is 2.96. The first-order chi connectivity index (χ1) is 14.8. The van der Waals surface area contributed by atoms with Gasteiger partial charge in [-0.1, -0.05) is 66.2 Å². The van der Waals surface area contributed by atoms with Crippen molar-refractivity contribution >= 4 is 21.8 Å². The van der Waals surface area contributed by atoms with Crippen LogP contribution in [-0.2, 0) is 21.4 Å². The lowest BCUT2D eigenvalue weighted by molar-refractivity contribution is -0.120. The molecule has 0 aliphatic rings. The molecule has 1 unspecified atom stereocenters. The molecule has 0 aromatic heterocycles. The second-order valence-corrected chi connectivity index (χ2v) is 8.98. The lowest BCUT2D eigenvalue weighted by atomic mass is 10.0. The number of benzene rings is 3. The maximum atomic E-state index is 12.7. The van der Waals surface area contributed by atoms with Crippen LogP contribution in [-0.4, -0.2) is 20.2 Å². The number of sulfonamides is 1. The highest BCUT2D eigenvalue weighted by Crippen LogP contribution is 2.17. The van der Waals surface area contributed by atoms with Crippen LogP contribution in [0.25, 0.3) is 0 Å². The van der Waals surface area contributed by atoms with Crippen LogP contribution in [0.4, 0.5) is 0 Å². The molecule has 1 atom stereocenters. The monoisotopic (exact) mass is 436 g/mol. The van der Waals surface area contributed by atoms with Crippen molar-refractivity contribution in [2.24, 2.45) is 0 Å². The lowest BCUT2D eigenvalue weighted by Crippen LogP contribution is -2.34. The average Bonchev–Trinajstić information content (AvgIpc) is 2.78. The van der Waals surface area contributed by atoms with Gasteiger partial charge in [0.25, 0.3) is 15.9 Å². The molecule has 160 valence electrons. The third kappa shape index (κ3) is 5.79. The number of carbonyl (C=O) groups excluding carboxylic acids is 2. The summed E-state index contributed by atoms with van der Waals surface area (Å²) in [4.78, 5) is 24.8. The fourth-order valence-corrected chi connectivity index (χ4v) is 4.07. The maximum Gasteiger partial charge on any atom is 0.264 e. The van der Waals surface area contributed by atoms with Gasteiger partial charge in [0.15, 0.2) is 0 Å². The van der Waals surface area contributed by atoms with E-state index < -0.39 is 27.8 Å². The van der Waals surface area contributed by atoms with E-state index in [2.05, 4.69) is 10.0 Å². The predicted molar refractivity (Wildman–Crippen MR) is 119 cm³/mol. The van der Waals surface area contributed by atoms with Crippen LogP contribution < -0.4 is 10.0 Å². The molecule has 0 heterocycles. The molecule has 0 aliphatic carbocycles. The van der Waals surface area contributed by atoms with Crippen LogP contribution in [0.5, 0.6) is 0 Å². The van der Waals surface area contributed by atoms with E-state index in [9.17, 15) is 18.0 Å². The fraction of sp³-hybridized carbons (Fsp3) is 0.167. The molecule has 3 rings (SSSR count). The molecule has 0 fully saturated rings. The van der Waals surface area contributed by atoms with Crippen molar-refractivity contribution in [3.63, 3.8) is 0 Å². The van der Waals surface area contributed by atoms with Crippen LogP contribution in [0.1, 0.15) is 39.9 Å². The number of carbonyl (C=O) groups is 2. The van der Waals surface area contributed by atoms with Crippen LogP contribution in [0.2, 0.25) is 0 Å². The van der Waals surface area contributed by atoms with Crippen molar-refractivity contribution in [2.45, 2.75) is 31.2 Å². The number of rotatable bonds is 7. The first-order valence-electron chi connectivity index (χ1n) is 9.82. The van der Waals surface area contributed by atoms with E-state index in [1.807, 2.05) is 37.3 Å². The number of nitrogens with one attached hydrogen (secondary N) is 2. The number of hydrogen-bond donors (Lipinski definition) is 2. The third-order valence-electron chi connectivity index (χ3n) is 4.91. The van der Waals surface area contributed by atoms with Crippen LogP contribution in [0, 0.1) is 6.92 Å². The van der Waals surface area contributed by atoms with Crippen LogP contribution >= 0.6 is 0 Å². The summed E-state index contributed by atoms with van der Waals surface area (Å²) in [6, 6.07) is 22.2. The standard InChI is InChI=1S/C24H24N2O4S/c1-17-11-13-19(14-12-17)16-25-24(28)21-9-6-10-22(15-21)31(29,30)26-23(27)18(2)20-7-4-3-5-8-20/h3-15,18H,16H2,1-2H3,(H,25,28)(H,26,27). The normalized spacial score (nSPS) is 12.1. The van der Waals surface area contributed by atoms with E-state index in [0.29, 0.717) is 12.1 Å². The van der Waals surface area contributed by atoms with Gasteiger partial charge in [-0.25, -0.2) is 13.1 Å². The molecule has 2 amide bonds. The molecular weight excluding hydrogens is 412 g/mol. The van der Waals surface area contributed by atoms with Gasteiger partial charge in [-0.15, -0.1) is 0 Å². The van der Waals surface area contributed by atoms with E-state index >= 15 is 0 Å². The fourth-order valence-electron chi connectivity index (χ4n) is 2.97. The van der Waals surface area contributed by atoms with Crippen molar-refractivity contribution < 1.29 is 18.0 Å². The van der Waals surface area contributed by atoms with Crippen molar-refractivity contribution in [2.75, 3.05) is 0 Å². The number of hydrogen-bond acceptors (Lipinski definition) is 4. The van der Waals surface area contributed by atoms with Gasteiger partial charge in [-0.2, -0.15) is 0 Å². The van der Waals surface area contributed by atoms with E-state index in [1.54, 1.807) is 31.2 Å². The van der Waals surface area contributed by atoms with Gasteiger partial charge < -0.3 is 5.32 Å². The highest BCUT2D eigenvalue weighted by Gasteiger charge is 2.23. The van der Waals surface area contributed by atoms with E-state index in [1.165, 1.54) is 24.3 Å². The highest BCUT2D eigenvalue weighted by atomic mass is 32.2. The summed E-state index contributed by atoms with van der Waals surface area (Å²) in [5, 5.41) is 2.77.